The summed E-state index contributed by atoms with van der Waals surface area (Å²) >= 11 is 4.72. The van der Waals surface area contributed by atoms with Gasteiger partial charge in [-0.3, -0.25) is 4.79 Å². The number of nitrogens with one attached hydrogen (secondary N) is 1. The Kier molecular flexibility index (Phi) is 3.53. The van der Waals surface area contributed by atoms with Gasteiger partial charge in [-0.1, -0.05) is 0 Å². The average Bonchev–Trinajstić information content (AvgIpc) is 2.47. The molecule has 80 valence electrons. The van der Waals surface area contributed by atoms with Gasteiger partial charge in [-0.15, -0.1) is 11.3 Å². The Labute approximate surface area is 101 Å². The minimum Gasteiger partial charge on any atom is -0.334 e. The van der Waals surface area contributed by atoms with E-state index in [-0.39, 0.29) is 5.91 Å². The van der Waals surface area contributed by atoms with Gasteiger partial charge in [0.25, 0.3) is 5.91 Å². The Hall–Kier alpha value is -0.860. The molecular weight excluding hydrogens is 276 g/mol. The molecule has 0 radical (unpaired) electrons. The maximum atomic E-state index is 11.7. The van der Waals surface area contributed by atoms with Gasteiger partial charge < -0.3 is 5.32 Å². The van der Waals surface area contributed by atoms with Crippen LogP contribution in [0.25, 0.3) is 0 Å². The van der Waals surface area contributed by atoms with Crippen molar-refractivity contribution in [2.45, 2.75) is 26.3 Å². The molecule has 0 saturated heterocycles. The number of carbonyl (C=O) groups is 1. The zero-order valence-corrected chi connectivity index (χ0v) is 11.1. The number of halogens is 1. The van der Waals surface area contributed by atoms with Crippen molar-refractivity contribution in [2.75, 3.05) is 0 Å². The Balaban J connectivity index is 2.84. The van der Waals surface area contributed by atoms with Crippen molar-refractivity contribution >= 4 is 33.2 Å². The summed E-state index contributed by atoms with van der Waals surface area (Å²) < 4.78 is 0.947. The predicted octanol–water partition coefficient (Wildman–Crippen LogP) is 2.85. The first-order valence-electron chi connectivity index (χ1n) is 4.35. The van der Waals surface area contributed by atoms with Gasteiger partial charge in [0.2, 0.25) is 0 Å². The highest BCUT2D eigenvalue weighted by Crippen LogP contribution is 2.27. The Morgan fingerprint density at radius 1 is 1.67 bits per heavy atom. The number of thiophene rings is 1. The van der Waals surface area contributed by atoms with Gasteiger partial charge in [-0.25, -0.2) is 0 Å². The van der Waals surface area contributed by atoms with Gasteiger partial charge in [0.1, 0.15) is 5.54 Å². The highest BCUT2D eigenvalue weighted by molar-refractivity contribution is 9.11. The molecule has 1 amide bonds. The number of nitriles is 1. The molecule has 0 spiro atoms. The molecule has 1 aromatic rings. The second kappa shape index (κ2) is 4.33. The van der Waals surface area contributed by atoms with Crippen molar-refractivity contribution in [3.05, 3.63) is 20.3 Å². The third kappa shape index (κ3) is 3.05. The first kappa shape index (κ1) is 12.2. The molecule has 0 aliphatic rings. The minimum absolute atomic E-state index is 0.208. The SMILES string of the molecule is Cc1cc(C(=O)NC(C)(C)C#N)sc1Br. The van der Waals surface area contributed by atoms with Gasteiger partial charge >= 0.3 is 0 Å². The van der Waals surface area contributed by atoms with Gasteiger partial charge in [0, 0.05) is 0 Å². The van der Waals surface area contributed by atoms with E-state index in [0.29, 0.717) is 4.88 Å². The second-order valence-corrected chi connectivity index (χ2v) is 6.13. The number of amides is 1. The van der Waals surface area contributed by atoms with Gasteiger partial charge in [-0.05, 0) is 48.3 Å². The number of aryl methyl sites for hydroxylation is 1. The summed E-state index contributed by atoms with van der Waals surface area (Å²) in [5.41, 5.74) is 0.196. The third-order valence-electron chi connectivity index (χ3n) is 1.79. The van der Waals surface area contributed by atoms with Crippen LogP contribution >= 0.6 is 27.3 Å². The maximum Gasteiger partial charge on any atom is 0.262 e. The molecule has 0 aliphatic heterocycles. The highest BCUT2D eigenvalue weighted by atomic mass is 79.9. The van der Waals surface area contributed by atoms with E-state index in [0.717, 1.165) is 9.35 Å². The lowest BCUT2D eigenvalue weighted by Gasteiger charge is -2.16. The largest absolute Gasteiger partial charge is 0.334 e. The molecular formula is C10H11BrN2OS. The van der Waals surface area contributed by atoms with Crippen LogP contribution in [0.5, 0.6) is 0 Å². The van der Waals surface area contributed by atoms with Crippen LogP contribution in [0.4, 0.5) is 0 Å². The third-order valence-corrected chi connectivity index (χ3v) is 3.92. The number of carbonyl (C=O) groups excluding carboxylic acids is 1. The molecule has 15 heavy (non-hydrogen) atoms. The standard InChI is InChI=1S/C10H11BrN2OS/c1-6-4-7(15-8(6)11)9(14)13-10(2,3)5-12/h4H,1-3H3,(H,13,14). The lowest BCUT2D eigenvalue weighted by molar-refractivity contribution is 0.0933. The second-order valence-electron chi connectivity index (χ2n) is 3.76. The van der Waals surface area contributed by atoms with Crippen molar-refractivity contribution in [2.24, 2.45) is 0 Å². The predicted molar refractivity (Wildman–Crippen MR) is 63.9 cm³/mol. The number of hydrogen-bond donors (Lipinski definition) is 1. The van der Waals surface area contributed by atoms with Crippen LogP contribution in [0.3, 0.4) is 0 Å². The lowest BCUT2D eigenvalue weighted by atomic mass is 10.1. The molecule has 0 aliphatic carbocycles. The van der Waals surface area contributed by atoms with Crippen LogP contribution in [0.1, 0.15) is 29.1 Å². The van der Waals surface area contributed by atoms with Gasteiger partial charge in [0.05, 0.1) is 14.7 Å². The topological polar surface area (TPSA) is 52.9 Å². The molecule has 0 saturated carbocycles. The molecule has 0 aromatic carbocycles. The highest BCUT2D eigenvalue weighted by Gasteiger charge is 2.21. The molecule has 3 nitrogen and oxygen atoms in total. The fraction of sp³-hybridized carbons (Fsp3) is 0.400. The van der Waals surface area contributed by atoms with E-state index in [1.165, 1.54) is 11.3 Å². The van der Waals surface area contributed by atoms with E-state index in [1.54, 1.807) is 19.9 Å². The molecule has 0 atom stereocenters. The number of nitrogens with zero attached hydrogens (tertiary/aromatic N) is 1. The summed E-state index contributed by atoms with van der Waals surface area (Å²) in [5, 5.41) is 11.4. The van der Waals surface area contributed by atoms with E-state index >= 15 is 0 Å². The zero-order chi connectivity index (χ0) is 11.6. The summed E-state index contributed by atoms with van der Waals surface area (Å²) in [6.45, 7) is 5.26. The fourth-order valence-corrected chi connectivity index (χ4v) is 2.38. The van der Waals surface area contributed by atoms with E-state index in [1.807, 2.05) is 13.0 Å². The van der Waals surface area contributed by atoms with Crippen LogP contribution in [-0.4, -0.2) is 11.4 Å². The number of hydrogen-bond acceptors (Lipinski definition) is 3. The molecule has 5 heteroatoms. The zero-order valence-electron chi connectivity index (χ0n) is 8.72. The van der Waals surface area contributed by atoms with Gasteiger partial charge in [0.15, 0.2) is 0 Å². The molecule has 1 heterocycles. The summed E-state index contributed by atoms with van der Waals surface area (Å²) in [6, 6.07) is 3.83. The minimum atomic E-state index is -0.832. The lowest BCUT2D eigenvalue weighted by Crippen LogP contribution is -2.41. The van der Waals surface area contributed by atoms with Crippen LogP contribution in [-0.2, 0) is 0 Å². The van der Waals surface area contributed by atoms with Crippen LogP contribution in [0.2, 0.25) is 0 Å². The maximum absolute atomic E-state index is 11.7. The van der Waals surface area contributed by atoms with Crippen LogP contribution in [0, 0.1) is 18.3 Å². The average molecular weight is 287 g/mol. The van der Waals surface area contributed by atoms with Crippen molar-refractivity contribution < 1.29 is 4.79 Å². The molecule has 0 unspecified atom stereocenters. The normalized spacial score (nSPS) is 10.9. The Morgan fingerprint density at radius 3 is 2.67 bits per heavy atom. The summed E-state index contributed by atoms with van der Waals surface area (Å²) in [4.78, 5) is 12.3. The Morgan fingerprint density at radius 2 is 2.27 bits per heavy atom. The molecule has 1 aromatic heterocycles. The van der Waals surface area contributed by atoms with Crippen LogP contribution in [0.15, 0.2) is 9.85 Å². The first-order chi connectivity index (χ1) is 6.85. The van der Waals surface area contributed by atoms with Crippen molar-refractivity contribution in [1.29, 1.82) is 5.26 Å². The molecule has 1 rings (SSSR count). The monoisotopic (exact) mass is 286 g/mol. The number of rotatable bonds is 2. The van der Waals surface area contributed by atoms with E-state index in [2.05, 4.69) is 21.2 Å². The summed E-state index contributed by atoms with van der Waals surface area (Å²) in [6.07, 6.45) is 0. The summed E-state index contributed by atoms with van der Waals surface area (Å²) in [7, 11) is 0. The van der Waals surface area contributed by atoms with Crippen molar-refractivity contribution in [3.63, 3.8) is 0 Å². The van der Waals surface area contributed by atoms with Crippen molar-refractivity contribution in [1.82, 2.24) is 5.32 Å². The molecule has 0 fully saturated rings. The molecule has 0 bridgehead atoms. The smallest absolute Gasteiger partial charge is 0.262 e. The first-order valence-corrected chi connectivity index (χ1v) is 5.96. The van der Waals surface area contributed by atoms with Crippen LogP contribution < -0.4 is 5.32 Å². The van der Waals surface area contributed by atoms with E-state index < -0.39 is 5.54 Å². The quantitative estimate of drug-likeness (QED) is 0.909. The van der Waals surface area contributed by atoms with E-state index in [4.69, 9.17) is 5.26 Å². The molecule has 1 N–H and O–H groups in total. The Bertz CT molecular complexity index is 412. The fourth-order valence-electron chi connectivity index (χ4n) is 0.945. The van der Waals surface area contributed by atoms with Gasteiger partial charge in [-0.2, -0.15) is 5.26 Å². The van der Waals surface area contributed by atoms with E-state index in [9.17, 15) is 4.79 Å². The van der Waals surface area contributed by atoms with Crippen molar-refractivity contribution in [3.8, 4) is 6.07 Å². The summed E-state index contributed by atoms with van der Waals surface area (Å²) in [5.74, 6) is -0.208.